The maximum Gasteiger partial charge on any atom is 0.387 e. The van der Waals surface area contributed by atoms with E-state index in [4.69, 9.17) is 9.26 Å². The molecule has 3 heterocycles. The number of nitrogens with zero attached hydrogens (tertiary/aromatic N) is 2. The SMILES string of the molecule is COc1ccc(NC(=O)c2cc(-c3cccs3)nc3onc(C)c23)cc1OC(F)F. The van der Waals surface area contributed by atoms with Gasteiger partial charge in [0, 0.05) is 11.8 Å². The van der Waals surface area contributed by atoms with Gasteiger partial charge >= 0.3 is 6.61 Å². The minimum atomic E-state index is -3.03. The van der Waals surface area contributed by atoms with E-state index in [1.807, 2.05) is 17.5 Å². The van der Waals surface area contributed by atoms with Crippen molar-refractivity contribution in [2.45, 2.75) is 13.5 Å². The van der Waals surface area contributed by atoms with Crippen LogP contribution in [0.2, 0.25) is 0 Å². The average molecular weight is 431 g/mol. The molecular weight excluding hydrogens is 416 g/mol. The van der Waals surface area contributed by atoms with Gasteiger partial charge in [0.05, 0.1) is 34.3 Å². The first kappa shape index (κ1) is 19.8. The molecule has 1 N–H and O–H groups in total. The van der Waals surface area contributed by atoms with Crippen molar-refractivity contribution in [2.24, 2.45) is 0 Å². The Hall–Kier alpha value is -3.53. The molecule has 10 heteroatoms. The molecule has 0 fully saturated rings. The summed E-state index contributed by atoms with van der Waals surface area (Å²) in [5, 5.41) is 8.97. The lowest BCUT2D eigenvalue weighted by atomic mass is 10.1. The third-order valence-electron chi connectivity index (χ3n) is 4.27. The second-order valence-corrected chi connectivity index (χ2v) is 7.13. The van der Waals surface area contributed by atoms with Crippen molar-refractivity contribution in [1.82, 2.24) is 10.1 Å². The molecule has 0 radical (unpaired) electrons. The fourth-order valence-corrected chi connectivity index (χ4v) is 3.65. The van der Waals surface area contributed by atoms with Crippen LogP contribution < -0.4 is 14.8 Å². The van der Waals surface area contributed by atoms with Crippen LogP contribution in [0.3, 0.4) is 0 Å². The largest absolute Gasteiger partial charge is 0.493 e. The maximum atomic E-state index is 13.1. The number of anilines is 1. The van der Waals surface area contributed by atoms with Crippen molar-refractivity contribution in [3.05, 3.63) is 53.0 Å². The van der Waals surface area contributed by atoms with E-state index in [2.05, 4.69) is 20.2 Å². The predicted molar refractivity (Wildman–Crippen MR) is 107 cm³/mol. The Labute approximate surface area is 173 Å². The number of methoxy groups -OCH3 is 1. The van der Waals surface area contributed by atoms with Crippen LogP contribution in [0.5, 0.6) is 11.5 Å². The number of fused-ring (bicyclic) bond motifs is 1. The van der Waals surface area contributed by atoms with Crippen LogP contribution in [0.1, 0.15) is 16.1 Å². The quantitative estimate of drug-likeness (QED) is 0.456. The molecule has 0 aliphatic heterocycles. The number of carbonyl (C=O) groups is 1. The number of aromatic nitrogens is 2. The monoisotopic (exact) mass is 431 g/mol. The highest BCUT2D eigenvalue weighted by Crippen LogP contribution is 2.33. The molecule has 0 bridgehead atoms. The second kappa shape index (κ2) is 8.07. The Kier molecular flexibility index (Phi) is 5.32. The van der Waals surface area contributed by atoms with Crippen molar-refractivity contribution < 1.29 is 27.6 Å². The highest BCUT2D eigenvalue weighted by Gasteiger charge is 2.20. The number of nitrogens with one attached hydrogen (secondary N) is 1. The maximum absolute atomic E-state index is 13.1. The van der Waals surface area contributed by atoms with Crippen LogP contribution >= 0.6 is 11.3 Å². The lowest BCUT2D eigenvalue weighted by Crippen LogP contribution is -2.13. The van der Waals surface area contributed by atoms with Gasteiger partial charge in [0.2, 0.25) is 0 Å². The summed E-state index contributed by atoms with van der Waals surface area (Å²) in [5.41, 5.74) is 1.87. The number of rotatable bonds is 6. The third kappa shape index (κ3) is 3.81. The molecule has 4 rings (SSSR count). The molecule has 0 aliphatic rings. The van der Waals surface area contributed by atoms with Gasteiger partial charge in [-0.05, 0) is 36.6 Å². The average Bonchev–Trinajstić information content (AvgIpc) is 3.37. The number of aryl methyl sites for hydroxylation is 1. The molecule has 30 heavy (non-hydrogen) atoms. The topological polar surface area (TPSA) is 86.5 Å². The van der Waals surface area contributed by atoms with Gasteiger partial charge in [0.1, 0.15) is 0 Å². The van der Waals surface area contributed by atoms with Crippen LogP contribution in [0.15, 0.2) is 46.3 Å². The molecular formula is C20H15F2N3O4S. The van der Waals surface area contributed by atoms with E-state index in [0.29, 0.717) is 22.3 Å². The van der Waals surface area contributed by atoms with Gasteiger partial charge in [-0.2, -0.15) is 8.78 Å². The van der Waals surface area contributed by atoms with E-state index >= 15 is 0 Å². The third-order valence-corrected chi connectivity index (χ3v) is 5.17. The predicted octanol–water partition coefficient (Wildman–Crippen LogP) is 5.12. The number of halogens is 2. The molecule has 1 aromatic carbocycles. The molecule has 0 unspecified atom stereocenters. The van der Waals surface area contributed by atoms with Gasteiger partial charge in [-0.25, -0.2) is 4.98 Å². The number of benzene rings is 1. The van der Waals surface area contributed by atoms with Crippen molar-refractivity contribution in [3.63, 3.8) is 0 Å². The summed E-state index contributed by atoms with van der Waals surface area (Å²) in [6, 6.07) is 9.61. The number of alkyl halides is 2. The fraction of sp³-hybridized carbons (Fsp3) is 0.150. The Bertz CT molecular complexity index is 1210. The van der Waals surface area contributed by atoms with Gasteiger partial charge in [0.15, 0.2) is 11.5 Å². The highest BCUT2D eigenvalue weighted by molar-refractivity contribution is 7.13. The number of hydrogen-bond donors (Lipinski definition) is 1. The summed E-state index contributed by atoms with van der Waals surface area (Å²) in [6.07, 6.45) is 0. The molecule has 1 amide bonds. The van der Waals surface area contributed by atoms with Gasteiger partial charge in [-0.1, -0.05) is 11.2 Å². The molecule has 4 aromatic rings. The zero-order chi connectivity index (χ0) is 21.3. The summed E-state index contributed by atoms with van der Waals surface area (Å²) in [5.74, 6) is -0.542. The summed E-state index contributed by atoms with van der Waals surface area (Å²) in [6.45, 7) is -1.32. The fourth-order valence-electron chi connectivity index (χ4n) is 2.97. The van der Waals surface area contributed by atoms with E-state index in [1.165, 1.54) is 36.6 Å². The molecule has 7 nitrogen and oxygen atoms in total. The first-order chi connectivity index (χ1) is 14.5. The Morgan fingerprint density at radius 2 is 2.07 bits per heavy atom. The number of ether oxygens (including phenoxy) is 2. The zero-order valence-electron chi connectivity index (χ0n) is 15.8. The van der Waals surface area contributed by atoms with E-state index in [9.17, 15) is 13.6 Å². The minimum absolute atomic E-state index is 0.120. The summed E-state index contributed by atoms with van der Waals surface area (Å²) < 4.78 is 40.1. The molecule has 3 aromatic heterocycles. The highest BCUT2D eigenvalue weighted by atomic mass is 32.1. The molecule has 0 spiro atoms. The Balaban J connectivity index is 1.72. The van der Waals surface area contributed by atoms with E-state index in [1.54, 1.807) is 13.0 Å². The van der Waals surface area contributed by atoms with Gasteiger partial charge < -0.3 is 19.3 Å². The smallest absolute Gasteiger partial charge is 0.387 e. The number of amides is 1. The Morgan fingerprint density at radius 3 is 2.77 bits per heavy atom. The normalized spacial score (nSPS) is 11.1. The number of carbonyl (C=O) groups excluding carboxylic acids is 1. The van der Waals surface area contributed by atoms with E-state index in [-0.39, 0.29) is 22.9 Å². The van der Waals surface area contributed by atoms with Crippen LogP contribution in [-0.2, 0) is 0 Å². The zero-order valence-corrected chi connectivity index (χ0v) is 16.6. The summed E-state index contributed by atoms with van der Waals surface area (Å²) >= 11 is 1.47. The molecule has 154 valence electrons. The van der Waals surface area contributed by atoms with Crippen molar-refractivity contribution in [1.29, 1.82) is 0 Å². The van der Waals surface area contributed by atoms with Crippen LogP contribution in [-0.4, -0.2) is 29.8 Å². The van der Waals surface area contributed by atoms with Crippen LogP contribution in [0, 0.1) is 6.92 Å². The van der Waals surface area contributed by atoms with Crippen molar-refractivity contribution in [2.75, 3.05) is 12.4 Å². The van der Waals surface area contributed by atoms with Crippen molar-refractivity contribution >= 4 is 34.0 Å². The number of hydrogen-bond acceptors (Lipinski definition) is 7. The molecule has 0 atom stereocenters. The standard InChI is InChI=1S/C20H15F2N3O4S/c1-10-17-12(9-13(16-4-3-7-30-16)24-19(17)29-25-10)18(26)23-11-5-6-14(27-2)15(8-11)28-20(21)22/h3-9,20H,1-2H3,(H,23,26). The first-order valence-electron chi connectivity index (χ1n) is 8.71. The van der Waals surface area contributed by atoms with Gasteiger partial charge in [0.25, 0.3) is 11.6 Å². The molecule has 0 saturated carbocycles. The Morgan fingerprint density at radius 1 is 1.23 bits per heavy atom. The van der Waals surface area contributed by atoms with E-state index < -0.39 is 12.5 Å². The summed E-state index contributed by atoms with van der Waals surface area (Å²) in [7, 11) is 1.33. The van der Waals surface area contributed by atoms with Gasteiger partial charge in [-0.15, -0.1) is 11.3 Å². The number of thiophene rings is 1. The molecule has 0 saturated heterocycles. The minimum Gasteiger partial charge on any atom is -0.493 e. The second-order valence-electron chi connectivity index (χ2n) is 6.18. The van der Waals surface area contributed by atoms with Crippen molar-refractivity contribution in [3.8, 4) is 22.1 Å². The van der Waals surface area contributed by atoms with Crippen LogP contribution in [0.4, 0.5) is 14.5 Å². The van der Waals surface area contributed by atoms with Crippen LogP contribution in [0.25, 0.3) is 21.7 Å². The first-order valence-corrected chi connectivity index (χ1v) is 9.59. The lowest BCUT2D eigenvalue weighted by Gasteiger charge is -2.12. The van der Waals surface area contributed by atoms with E-state index in [0.717, 1.165) is 4.88 Å². The summed E-state index contributed by atoms with van der Waals surface area (Å²) in [4.78, 5) is 18.4. The lowest BCUT2D eigenvalue weighted by molar-refractivity contribution is -0.0511. The number of pyridine rings is 1. The van der Waals surface area contributed by atoms with Gasteiger partial charge in [-0.3, -0.25) is 4.79 Å². The molecule has 0 aliphatic carbocycles.